The highest BCUT2D eigenvalue weighted by atomic mass is 16.6. The second-order valence-corrected chi connectivity index (χ2v) is 6.43. The predicted molar refractivity (Wildman–Crippen MR) is 78.4 cm³/mol. The van der Waals surface area contributed by atoms with Gasteiger partial charge >= 0.3 is 6.09 Å². The van der Waals surface area contributed by atoms with Gasteiger partial charge < -0.3 is 15.0 Å². The van der Waals surface area contributed by atoms with Crippen LogP contribution in [0.1, 0.15) is 53.9 Å². The predicted octanol–water partition coefficient (Wildman–Crippen LogP) is 2.55. The summed E-state index contributed by atoms with van der Waals surface area (Å²) in [7, 11) is 0. The van der Waals surface area contributed by atoms with Crippen LogP contribution in [0.15, 0.2) is 0 Å². The molecule has 1 saturated heterocycles. The molecule has 0 aliphatic carbocycles. The topological polar surface area (TPSA) is 58.6 Å². The van der Waals surface area contributed by atoms with E-state index in [2.05, 4.69) is 5.32 Å². The SMILES string of the molecule is CCC(CC)C(=O)N1CC[C@H](NC(=O)OC(C)(C)C)C1. The Morgan fingerprint density at radius 3 is 2.40 bits per heavy atom. The third-order valence-electron chi connectivity index (χ3n) is 3.56. The monoisotopic (exact) mass is 284 g/mol. The number of hydrogen-bond acceptors (Lipinski definition) is 3. The number of hydrogen-bond donors (Lipinski definition) is 1. The number of amides is 2. The Morgan fingerprint density at radius 1 is 1.30 bits per heavy atom. The van der Waals surface area contributed by atoms with E-state index in [9.17, 15) is 9.59 Å². The fourth-order valence-corrected chi connectivity index (χ4v) is 2.45. The molecule has 1 fully saturated rings. The van der Waals surface area contributed by atoms with Crippen molar-refractivity contribution in [3.63, 3.8) is 0 Å². The molecule has 0 spiro atoms. The number of nitrogens with one attached hydrogen (secondary N) is 1. The first-order valence-electron chi connectivity index (χ1n) is 7.55. The van der Waals surface area contributed by atoms with E-state index in [1.54, 1.807) is 0 Å². The number of alkyl carbamates (subject to hydrolysis) is 1. The van der Waals surface area contributed by atoms with E-state index < -0.39 is 11.7 Å². The maximum atomic E-state index is 12.2. The molecule has 1 rings (SSSR count). The van der Waals surface area contributed by atoms with Crippen molar-refractivity contribution in [1.29, 1.82) is 0 Å². The molecule has 5 heteroatoms. The zero-order chi connectivity index (χ0) is 15.3. The molecule has 1 heterocycles. The van der Waals surface area contributed by atoms with Gasteiger partial charge in [-0.25, -0.2) is 4.79 Å². The van der Waals surface area contributed by atoms with Gasteiger partial charge in [0.05, 0.1) is 6.04 Å². The van der Waals surface area contributed by atoms with Crippen molar-refractivity contribution in [3.8, 4) is 0 Å². The van der Waals surface area contributed by atoms with Gasteiger partial charge in [0.2, 0.25) is 5.91 Å². The summed E-state index contributed by atoms with van der Waals surface area (Å²) in [5, 5.41) is 2.84. The molecular weight excluding hydrogens is 256 g/mol. The molecule has 5 nitrogen and oxygen atoms in total. The maximum absolute atomic E-state index is 12.2. The van der Waals surface area contributed by atoms with E-state index in [4.69, 9.17) is 4.74 Å². The molecule has 20 heavy (non-hydrogen) atoms. The highest BCUT2D eigenvalue weighted by Crippen LogP contribution is 2.17. The third-order valence-corrected chi connectivity index (χ3v) is 3.56. The molecule has 1 aliphatic rings. The molecular formula is C15H28N2O3. The van der Waals surface area contributed by atoms with Crippen molar-refractivity contribution in [2.75, 3.05) is 13.1 Å². The first-order valence-corrected chi connectivity index (χ1v) is 7.55. The Morgan fingerprint density at radius 2 is 1.90 bits per heavy atom. The van der Waals surface area contributed by atoms with Crippen LogP contribution in [0.3, 0.4) is 0 Å². The molecule has 1 aliphatic heterocycles. The van der Waals surface area contributed by atoms with Gasteiger partial charge in [-0.3, -0.25) is 4.79 Å². The van der Waals surface area contributed by atoms with Gasteiger partial charge in [0.1, 0.15) is 5.60 Å². The summed E-state index contributed by atoms with van der Waals surface area (Å²) in [6.07, 6.45) is 2.14. The van der Waals surface area contributed by atoms with Crippen LogP contribution < -0.4 is 5.32 Å². The van der Waals surface area contributed by atoms with E-state index in [1.807, 2.05) is 39.5 Å². The Kier molecular flexibility index (Phi) is 5.84. The molecule has 0 unspecified atom stereocenters. The normalized spacial score (nSPS) is 19.3. The maximum Gasteiger partial charge on any atom is 0.407 e. The second kappa shape index (κ2) is 6.95. The average Bonchev–Trinajstić information content (AvgIpc) is 2.76. The summed E-state index contributed by atoms with van der Waals surface area (Å²) in [5.74, 6) is 0.318. The van der Waals surface area contributed by atoms with Crippen molar-refractivity contribution < 1.29 is 14.3 Å². The van der Waals surface area contributed by atoms with E-state index in [-0.39, 0.29) is 17.9 Å². The summed E-state index contributed by atoms with van der Waals surface area (Å²) in [6.45, 7) is 10.9. The summed E-state index contributed by atoms with van der Waals surface area (Å²) in [5.41, 5.74) is -0.492. The fraction of sp³-hybridized carbons (Fsp3) is 0.867. The molecule has 0 aromatic heterocycles. The molecule has 2 amide bonds. The molecule has 0 radical (unpaired) electrons. The fourth-order valence-electron chi connectivity index (χ4n) is 2.45. The lowest BCUT2D eigenvalue weighted by atomic mass is 10.0. The first kappa shape index (κ1) is 16.8. The Labute approximate surface area is 122 Å². The van der Waals surface area contributed by atoms with Crippen molar-refractivity contribution in [3.05, 3.63) is 0 Å². The van der Waals surface area contributed by atoms with Crippen molar-refractivity contribution in [2.24, 2.45) is 5.92 Å². The first-order chi connectivity index (χ1) is 9.26. The number of rotatable bonds is 4. The largest absolute Gasteiger partial charge is 0.444 e. The molecule has 0 aromatic carbocycles. The van der Waals surface area contributed by atoms with Crippen LogP contribution in [0.5, 0.6) is 0 Å². The average molecular weight is 284 g/mol. The van der Waals surface area contributed by atoms with E-state index in [1.165, 1.54) is 0 Å². The van der Waals surface area contributed by atoms with Crippen LogP contribution >= 0.6 is 0 Å². The third kappa shape index (κ3) is 5.02. The van der Waals surface area contributed by atoms with Crippen molar-refractivity contribution in [1.82, 2.24) is 10.2 Å². The minimum atomic E-state index is -0.492. The van der Waals surface area contributed by atoms with Gasteiger partial charge in [-0.15, -0.1) is 0 Å². The number of ether oxygens (including phenoxy) is 1. The quantitative estimate of drug-likeness (QED) is 0.863. The van der Waals surface area contributed by atoms with Crippen LogP contribution in [0.4, 0.5) is 4.79 Å². The number of nitrogens with zero attached hydrogens (tertiary/aromatic N) is 1. The lowest BCUT2D eigenvalue weighted by molar-refractivity contribution is -0.134. The van der Waals surface area contributed by atoms with Gasteiger partial charge in [0, 0.05) is 19.0 Å². The number of carbonyl (C=O) groups excluding carboxylic acids is 2. The Balaban J connectivity index is 2.44. The number of carbonyl (C=O) groups is 2. The highest BCUT2D eigenvalue weighted by molar-refractivity contribution is 5.79. The Hall–Kier alpha value is -1.26. The summed E-state index contributed by atoms with van der Waals surface area (Å²) in [6, 6.07) is 0.00293. The van der Waals surface area contributed by atoms with Crippen LogP contribution in [0.25, 0.3) is 0 Å². The standard InChI is InChI=1S/C15H28N2O3/c1-6-11(7-2)13(18)17-9-8-12(10-17)16-14(19)20-15(3,4)5/h11-12H,6-10H2,1-5H3,(H,16,19)/t12-/m0/s1. The van der Waals surface area contributed by atoms with Crippen LogP contribution in [0, 0.1) is 5.92 Å². The summed E-state index contributed by atoms with van der Waals surface area (Å²) >= 11 is 0. The van der Waals surface area contributed by atoms with Crippen LogP contribution in [-0.2, 0) is 9.53 Å². The number of likely N-dealkylation sites (tertiary alicyclic amines) is 1. The van der Waals surface area contributed by atoms with Gasteiger partial charge in [-0.1, -0.05) is 13.8 Å². The van der Waals surface area contributed by atoms with Crippen molar-refractivity contribution in [2.45, 2.75) is 65.5 Å². The Bertz CT molecular complexity index is 346. The molecule has 116 valence electrons. The zero-order valence-electron chi connectivity index (χ0n) is 13.4. The lowest BCUT2D eigenvalue weighted by Crippen LogP contribution is -2.42. The summed E-state index contributed by atoms with van der Waals surface area (Å²) in [4.78, 5) is 25.8. The van der Waals surface area contributed by atoms with E-state index >= 15 is 0 Å². The minimum absolute atomic E-state index is 0.00293. The molecule has 0 saturated carbocycles. The zero-order valence-corrected chi connectivity index (χ0v) is 13.4. The van der Waals surface area contributed by atoms with Gasteiger partial charge in [-0.2, -0.15) is 0 Å². The van der Waals surface area contributed by atoms with Gasteiger partial charge in [-0.05, 0) is 40.0 Å². The molecule has 0 bridgehead atoms. The van der Waals surface area contributed by atoms with Gasteiger partial charge in [0.25, 0.3) is 0 Å². The van der Waals surface area contributed by atoms with Gasteiger partial charge in [0.15, 0.2) is 0 Å². The van der Waals surface area contributed by atoms with E-state index in [0.717, 1.165) is 25.8 Å². The van der Waals surface area contributed by atoms with Crippen LogP contribution in [-0.4, -0.2) is 41.6 Å². The van der Waals surface area contributed by atoms with Crippen molar-refractivity contribution >= 4 is 12.0 Å². The second-order valence-electron chi connectivity index (χ2n) is 6.43. The molecule has 1 atom stereocenters. The molecule has 0 aromatic rings. The highest BCUT2D eigenvalue weighted by Gasteiger charge is 2.31. The molecule has 1 N–H and O–H groups in total. The van der Waals surface area contributed by atoms with E-state index in [0.29, 0.717) is 6.54 Å². The van der Waals surface area contributed by atoms with Crippen LogP contribution in [0.2, 0.25) is 0 Å². The summed E-state index contributed by atoms with van der Waals surface area (Å²) < 4.78 is 5.23. The minimum Gasteiger partial charge on any atom is -0.444 e. The smallest absolute Gasteiger partial charge is 0.407 e. The lowest BCUT2D eigenvalue weighted by Gasteiger charge is -2.23.